The molecule has 5 nitrogen and oxygen atoms in total. The second-order valence-electron chi connectivity index (χ2n) is 3.68. The summed E-state index contributed by atoms with van der Waals surface area (Å²) >= 11 is 0. The number of oxazole rings is 1. The molecule has 5 heteroatoms. The van der Waals surface area contributed by atoms with Gasteiger partial charge in [-0.25, -0.2) is 0 Å². The van der Waals surface area contributed by atoms with Gasteiger partial charge in [-0.15, -0.1) is 0 Å². The Kier molecular flexibility index (Phi) is 2.50. The van der Waals surface area contributed by atoms with Crippen LogP contribution in [0.1, 0.15) is 0 Å². The Morgan fingerprint density at radius 2 is 2.18 bits per heavy atom. The molecule has 0 amide bonds. The Bertz CT molecular complexity index is 567. The summed E-state index contributed by atoms with van der Waals surface area (Å²) in [4.78, 5) is 4.32. The average Bonchev–Trinajstić information content (AvgIpc) is 2.96. The third-order valence-electron chi connectivity index (χ3n) is 2.47. The van der Waals surface area contributed by atoms with Gasteiger partial charge < -0.3 is 9.73 Å². The van der Waals surface area contributed by atoms with E-state index in [1.165, 1.54) is 0 Å². The van der Waals surface area contributed by atoms with E-state index in [0.717, 1.165) is 24.2 Å². The SMILES string of the molecule is c1ccc2oc(NCCn3cccn3)nc2c1. The van der Waals surface area contributed by atoms with E-state index in [1.54, 1.807) is 6.20 Å². The lowest BCUT2D eigenvalue weighted by atomic mass is 10.3. The van der Waals surface area contributed by atoms with Crippen LogP contribution in [0.4, 0.5) is 6.01 Å². The van der Waals surface area contributed by atoms with Gasteiger partial charge in [-0.1, -0.05) is 12.1 Å². The smallest absolute Gasteiger partial charge is 0.295 e. The lowest BCUT2D eigenvalue weighted by molar-refractivity contribution is 0.592. The highest BCUT2D eigenvalue weighted by Gasteiger charge is 2.03. The molecule has 0 bridgehead atoms. The van der Waals surface area contributed by atoms with E-state index in [1.807, 2.05) is 41.2 Å². The van der Waals surface area contributed by atoms with Crippen LogP contribution in [0.2, 0.25) is 0 Å². The Balaban J connectivity index is 1.65. The quantitative estimate of drug-likeness (QED) is 0.743. The fraction of sp³-hybridized carbons (Fsp3) is 0.167. The largest absolute Gasteiger partial charge is 0.424 e. The minimum absolute atomic E-state index is 0.554. The van der Waals surface area contributed by atoms with Crippen LogP contribution < -0.4 is 5.32 Å². The van der Waals surface area contributed by atoms with Crippen LogP contribution in [0.3, 0.4) is 0 Å². The molecule has 3 aromatic rings. The molecule has 86 valence electrons. The molecule has 0 aliphatic carbocycles. The number of benzene rings is 1. The highest BCUT2D eigenvalue weighted by Crippen LogP contribution is 2.17. The number of aromatic nitrogens is 3. The van der Waals surface area contributed by atoms with Gasteiger partial charge in [0.1, 0.15) is 5.52 Å². The molecule has 1 N–H and O–H groups in total. The van der Waals surface area contributed by atoms with E-state index in [-0.39, 0.29) is 0 Å². The molecule has 0 aliphatic rings. The number of hydrogen-bond donors (Lipinski definition) is 1. The van der Waals surface area contributed by atoms with Crippen LogP contribution in [-0.2, 0) is 6.54 Å². The molecule has 3 rings (SSSR count). The Labute approximate surface area is 98.1 Å². The van der Waals surface area contributed by atoms with Gasteiger partial charge in [0.15, 0.2) is 5.58 Å². The van der Waals surface area contributed by atoms with E-state index in [4.69, 9.17) is 4.42 Å². The summed E-state index contributed by atoms with van der Waals surface area (Å²) in [5.74, 6) is 0. The van der Waals surface area contributed by atoms with Gasteiger partial charge in [0, 0.05) is 18.9 Å². The molecule has 0 unspecified atom stereocenters. The fourth-order valence-electron chi connectivity index (χ4n) is 1.66. The van der Waals surface area contributed by atoms with Crippen molar-refractivity contribution in [3.8, 4) is 0 Å². The van der Waals surface area contributed by atoms with Gasteiger partial charge in [0.25, 0.3) is 6.01 Å². The topological polar surface area (TPSA) is 55.9 Å². The highest BCUT2D eigenvalue weighted by molar-refractivity contribution is 5.74. The lowest BCUT2D eigenvalue weighted by Gasteiger charge is -2.01. The number of nitrogens with one attached hydrogen (secondary N) is 1. The third kappa shape index (κ3) is 2.13. The van der Waals surface area contributed by atoms with Crippen LogP contribution in [-0.4, -0.2) is 21.3 Å². The number of fused-ring (bicyclic) bond motifs is 1. The van der Waals surface area contributed by atoms with E-state index in [0.29, 0.717) is 6.01 Å². The first-order valence-electron chi connectivity index (χ1n) is 5.49. The fourth-order valence-corrected chi connectivity index (χ4v) is 1.66. The molecule has 0 saturated heterocycles. The van der Waals surface area contributed by atoms with Crippen molar-refractivity contribution in [1.29, 1.82) is 0 Å². The number of para-hydroxylation sites is 2. The molecule has 2 heterocycles. The van der Waals surface area contributed by atoms with Gasteiger partial charge in [-0.3, -0.25) is 4.68 Å². The summed E-state index contributed by atoms with van der Waals surface area (Å²) in [6.07, 6.45) is 3.69. The molecule has 0 fully saturated rings. The maximum Gasteiger partial charge on any atom is 0.295 e. The third-order valence-corrected chi connectivity index (χ3v) is 2.47. The van der Waals surface area contributed by atoms with Crippen molar-refractivity contribution in [2.75, 3.05) is 11.9 Å². The summed E-state index contributed by atoms with van der Waals surface area (Å²) in [5, 5.41) is 7.25. The predicted octanol–water partition coefficient (Wildman–Crippen LogP) is 2.14. The zero-order valence-electron chi connectivity index (χ0n) is 9.21. The van der Waals surface area contributed by atoms with Crippen molar-refractivity contribution < 1.29 is 4.42 Å². The molecule has 1 aromatic carbocycles. The standard InChI is InChI=1S/C12H12N4O/c1-2-5-11-10(4-1)15-12(17-11)13-7-9-16-8-3-6-14-16/h1-6,8H,7,9H2,(H,13,15). The van der Waals surface area contributed by atoms with Gasteiger partial charge >= 0.3 is 0 Å². The summed E-state index contributed by atoms with van der Waals surface area (Å²) in [7, 11) is 0. The van der Waals surface area contributed by atoms with Crippen molar-refractivity contribution in [3.63, 3.8) is 0 Å². The first-order chi connectivity index (χ1) is 8.42. The Morgan fingerprint density at radius 3 is 3.00 bits per heavy atom. The molecule has 0 saturated carbocycles. The average molecular weight is 228 g/mol. The number of hydrogen-bond acceptors (Lipinski definition) is 4. The molecule has 0 aliphatic heterocycles. The van der Waals surface area contributed by atoms with Gasteiger partial charge in [-0.2, -0.15) is 10.1 Å². The monoisotopic (exact) mass is 228 g/mol. The summed E-state index contributed by atoms with van der Waals surface area (Å²) in [5.41, 5.74) is 1.67. The van der Waals surface area contributed by atoms with Crippen LogP contribution in [0.5, 0.6) is 0 Å². The Morgan fingerprint density at radius 1 is 1.24 bits per heavy atom. The second kappa shape index (κ2) is 4.29. The second-order valence-corrected chi connectivity index (χ2v) is 3.68. The molecular weight excluding hydrogens is 216 g/mol. The molecule has 17 heavy (non-hydrogen) atoms. The van der Waals surface area contributed by atoms with Crippen molar-refractivity contribution >= 4 is 17.1 Å². The Hall–Kier alpha value is -2.30. The first-order valence-corrected chi connectivity index (χ1v) is 5.49. The predicted molar refractivity (Wildman–Crippen MR) is 64.7 cm³/mol. The minimum atomic E-state index is 0.554. The maximum atomic E-state index is 5.54. The molecule has 0 radical (unpaired) electrons. The van der Waals surface area contributed by atoms with Crippen LogP contribution in [0.25, 0.3) is 11.1 Å². The summed E-state index contributed by atoms with van der Waals surface area (Å²) in [6, 6.07) is 10.2. The lowest BCUT2D eigenvalue weighted by Crippen LogP contribution is -2.10. The van der Waals surface area contributed by atoms with E-state index < -0.39 is 0 Å². The molecule has 2 aromatic heterocycles. The summed E-state index contributed by atoms with van der Waals surface area (Å²) in [6.45, 7) is 1.51. The zero-order valence-corrected chi connectivity index (χ0v) is 9.21. The van der Waals surface area contributed by atoms with E-state index in [2.05, 4.69) is 15.4 Å². The summed E-state index contributed by atoms with van der Waals surface area (Å²) < 4.78 is 7.39. The van der Waals surface area contributed by atoms with Gasteiger partial charge in [0.05, 0.1) is 6.54 Å². The van der Waals surface area contributed by atoms with Gasteiger partial charge in [-0.05, 0) is 18.2 Å². The van der Waals surface area contributed by atoms with Crippen molar-refractivity contribution in [2.45, 2.75) is 6.54 Å². The zero-order chi connectivity index (χ0) is 11.5. The van der Waals surface area contributed by atoms with Crippen molar-refractivity contribution in [2.24, 2.45) is 0 Å². The number of nitrogens with zero attached hydrogens (tertiary/aromatic N) is 3. The van der Waals surface area contributed by atoms with Gasteiger partial charge in [0.2, 0.25) is 0 Å². The van der Waals surface area contributed by atoms with Crippen molar-refractivity contribution in [1.82, 2.24) is 14.8 Å². The minimum Gasteiger partial charge on any atom is -0.424 e. The normalized spacial score (nSPS) is 10.8. The van der Waals surface area contributed by atoms with E-state index >= 15 is 0 Å². The first kappa shape index (κ1) is 9.89. The molecule has 0 spiro atoms. The number of rotatable bonds is 4. The maximum absolute atomic E-state index is 5.54. The van der Waals surface area contributed by atoms with Crippen LogP contribution in [0.15, 0.2) is 47.1 Å². The molecule has 0 atom stereocenters. The van der Waals surface area contributed by atoms with E-state index in [9.17, 15) is 0 Å². The molecular formula is C12H12N4O. The van der Waals surface area contributed by atoms with Crippen LogP contribution >= 0.6 is 0 Å². The number of anilines is 1. The highest BCUT2D eigenvalue weighted by atomic mass is 16.4. The van der Waals surface area contributed by atoms with Crippen LogP contribution in [0, 0.1) is 0 Å². The van der Waals surface area contributed by atoms with Crippen molar-refractivity contribution in [3.05, 3.63) is 42.7 Å².